The summed E-state index contributed by atoms with van der Waals surface area (Å²) in [6, 6.07) is 5.81. The van der Waals surface area contributed by atoms with Crippen LogP contribution in [0, 0.1) is 5.82 Å². The summed E-state index contributed by atoms with van der Waals surface area (Å²) >= 11 is 0. The van der Waals surface area contributed by atoms with Gasteiger partial charge in [-0.2, -0.15) is 0 Å². The first kappa shape index (κ1) is 13.3. The molecule has 1 aliphatic heterocycles. The Balaban J connectivity index is 2.34. The molecule has 0 saturated carbocycles. The minimum absolute atomic E-state index is 0.330. The third kappa shape index (κ3) is 2.81. The van der Waals surface area contributed by atoms with Crippen LogP contribution in [0.3, 0.4) is 0 Å². The molecule has 2 rings (SSSR count). The van der Waals surface area contributed by atoms with Crippen LogP contribution in [0.2, 0.25) is 0 Å². The molecule has 1 aromatic rings. The van der Waals surface area contributed by atoms with Crippen molar-refractivity contribution < 1.29 is 14.0 Å². The van der Waals surface area contributed by atoms with Crippen LogP contribution in [0.25, 0.3) is 0 Å². The third-order valence-electron chi connectivity index (χ3n) is 2.94. The van der Waals surface area contributed by atoms with Gasteiger partial charge in [0.25, 0.3) is 0 Å². The lowest BCUT2D eigenvalue weighted by Gasteiger charge is -2.15. The highest BCUT2D eigenvalue weighted by atomic mass is 19.1. The van der Waals surface area contributed by atoms with Crippen molar-refractivity contribution in [2.24, 2.45) is 5.16 Å². The molecule has 19 heavy (non-hydrogen) atoms. The third-order valence-corrected chi connectivity index (χ3v) is 2.94. The van der Waals surface area contributed by atoms with Crippen LogP contribution >= 0.6 is 0 Å². The molecule has 1 aliphatic rings. The van der Waals surface area contributed by atoms with Crippen molar-refractivity contribution >= 4 is 11.7 Å². The lowest BCUT2D eigenvalue weighted by atomic mass is 10.0. The smallest absolute Gasteiger partial charge is 0.369 e. The Kier molecular flexibility index (Phi) is 3.94. The van der Waals surface area contributed by atoms with E-state index in [2.05, 4.69) is 5.16 Å². The molecule has 0 atom stereocenters. The largest absolute Gasteiger partial charge is 0.377 e. The molecule has 0 spiro atoms. The summed E-state index contributed by atoms with van der Waals surface area (Å²) in [5.74, 6) is -0.810. The summed E-state index contributed by atoms with van der Waals surface area (Å²) in [6.07, 6.45) is 1.73. The fourth-order valence-corrected chi connectivity index (χ4v) is 1.80. The second kappa shape index (κ2) is 5.65. The molecule has 4 nitrogen and oxygen atoms in total. The summed E-state index contributed by atoms with van der Waals surface area (Å²) in [5, 5.41) is 3.77. The van der Waals surface area contributed by atoms with E-state index in [4.69, 9.17) is 4.84 Å². The number of hydrogen-bond donors (Lipinski definition) is 0. The Bertz CT molecular complexity index is 531. The Hall–Kier alpha value is -2.17. The second-order valence-electron chi connectivity index (χ2n) is 4.09. The van der Waals surface area contributed by atoms with E-state index in [0.717, 1.165) is 13.1 Å². The van der Waals surface area contributed by atoms with Gasteiger partial charge in [-0.1, -0.05) is 5.16 Å². The molecule has 0 aliphatic carbocycles. The van der Waals surface area contributed by atoms with E-state index in [1.54, 1.807) is 18.3 Å². The fraction of sp³-hybridized carbons (Fsp3) is 0.286. The van der Waals surface area contributed by atoms with Crippen molar-refractivity contribution in [1.29, 1.82) is 0 Å². The first-order chi connectivity index (χ1) is 9.15. The van der Waals surface area contributed by atoms with Gasteiger partial charge in [0, 0.05) is 24.9 Å². The number of carbonyl (C=O) groups is 1. The Morgan fingerprint density at radius 2 is 1.89 bits per heavy atom. The molecule has 0 fully saturated rings. The van der Waals surface area contributed by atoms with Crippen LogP contribution in [0.1, 0.15) is 19.4 Å². The maximum atomic E-state index is 12.9. The van der Waals surface area contributed by atoms with E-state index >= 15 is 0 Å². The zero-order chi connectivity index (χ0) is 13.8. The van der Waals surface area contributed by atoms with Crippen LogP contribution in [0.5, 0.6) is 0 Å². The summed E-state index contributed by atoms with van der Waals surface area (Å²) in [5.41, 5.74) is 1.50. The van der Waals surface area contributed by atoms with Crippen molar-refractivity contribution in [3.05, 3.63) is 47.4 Å². The van der Waals surface area contributed by atoms with E-state index in [9.17, 15) is 9.18 Å². The molecule has 5 heteroatoms. The number of hydrogen-bond acceptors (Lipinski definition) is 4. The normalized spacial score (nSPS) is 16.5. The molecule has 1 heterocycles. The van der Waals surface area contributed by atoms with Gasteiger partial charge in [-0.15, -0.1) is 0 Å². The molecule has 0 radical (unpaired) electrons. The monoisotopic (exact) mass is 262 g/mol. The molecule has 0 aromatic heterocycles. The molecule has 0 amide bonds. The molecule has 100 valence electrons. The number of benzene rings is 1. The van der Waals surface area contributed by atoms with Crippen molar-refractivity contribution in [3.8, 4) is 0 Å². The van der Waals surface area contributed by atoms with E-state index < -0.39 is 5.97 Å². The minimum Gasteiger partial charge on any atom is -0.377 e. The molecule has 0 N–H and O–H groups in total. The Morgan fingerprint density at radius 3 is 2.47 bits per heavy atom. The Morgan fingerprint density at radius 1 is 1.26 bits per heavy atom. The summed E-state index contributed by atoms with van der Waals surface area (Å²) < 4.78 is 12.9. The van der Waals surface area contributed by atoms with Gasteiger partial charge in [0.05, 0.1) is 0 Å². The average Bonchev–Trinajstić information content (AvgIpc) is 2.78. The van der Waals surface area contributed by atoms with E-state index in [1.807, 2.05) is 18.7 Å². The van der Waals surface area contributed by atoms with Crippen LogP contribution < -0.4 is 0 Å². The Labute approximate surface area is 111 Å². The van der Waals surface area contributed by atoms with Gasteiger partial charge in [-0.3, -0.25) is 0 Å². The predicted molar refractivity (Wildman–Crippen MR) is 70.0 cm³/mol. The molecule has 0 unspecified atom stereocenters. The first-order valence-corrected chi connectivity index (χ1v) is 6.17. The summed E-state index contributed by atoms with van der Waals surface area (Å²) in [4.78, 5) is 18.4. The predicted octanol–water partition coefficient (Wildman–Crippen LogP) is 2.31. The SMILES string of the molecule is CCN(/C=C1\C(=O)ON=C1c1ccc(F)cc1)CC. The molecular formula is C14H15FN2O2. The maximum Gasteiger partial charge on any atom is 0.369 e. The van der Waals surface area contributed by atoms with E-state index in [0.29, 0.717) is 16.8 Å². The molecular weight excluding hydrogens is 247 g/mol. The van der Waals surface area contributed by atoms with E-state index in [1.165, 1.54) is 12.1 Å². The lowest BCUT2D eigenvalue weighted by molar-refractivity contribution is -0.136. The highest BCUT2D eigenvalue weighted by molar-refractivity contribution is 6.28. The highest BCUT2D eigenvalue weighted by Crippen LogP contribution is 2.19. The number of halogens is 1. The number of rotatable bonds is 4. The quantitative estimate of drug-likeness (QED) is 0.617. The van der Waals surface area contributed by atoms with Crippen molar-refractivity contribution in [3.63, 3.8) is 0 Å². The van der Waals surface area contributed by atoms with Crippen LogP contribution in [0.4, 0.5) is 4.39 Å². The molecule has 0 saturated heterocycles. The van der Waals surface area contributed by atoms with Crippen molar-refractivity contribution in [2.75, 3.05) is 13.1 Å². The zero-order valence-corrected chi connectivity index (χ0v) is 10.9. The average molecular weight is 262 g/mol. The van der Waals surface area contributed by atoms with Crippen LogP contribution in [-0.2, 0) is 9.63 Å². The first-order valence-electron chi connectivity index (χ1n) is 6.17. The van der Waals surface area contributed by atoms with Gasteiger partial charge in [-0.05, 0) is 38.1 Å². The topological polar surface area (TPSA) is 41.9 Å². The van der Waals surface area contributed by atoms with Gasteiger partial charge < -0.3 is 9.74 Å². The van der Waals surface area contributed by atoms with Gasteiger partial charge in [0.15, 0.2) is 0 Å². The van der Waals surface area contributed by atoms with Gasteiger partial charge in [-0.25, -0.2) is 9.18 Å². The van der Waals surface area contributed by atoms with Crippen LogP contribution in [-0.4, -0.2) is 29.7 Å². The minimum atomic E-state index is -0.480. The zero-order valence-electron chi connectivity index (χ0n) is 10.9. The highest BCUT2D eigenvalue weighted by Gasteiger charge is 2.27. The molecule has 1 aromatic carbocycles. The second-order valence-corrected chi connectivity index (χ2v) is 4.09. The number of oxime groups is 1. The van der Waals surface area contributed by atoms with Crippen molar-refractivity contribution in [2.45, 2.75) is 13.8 Å². The van der Waals surface area contributed by atoms with Gasteiger partial charge in [0.2, 0.25) is 0 Å². The number of carbonyl (C=O) groups excluding carboxylic acids is 1. The fourth-order valence-electron chi connectivity index (χ4n) is 1.80. The van der Waals surface area contributed by atoms with Crippen molar-refractivity contribution in [1.82, 2.24) is 4.90 Å². The summed E-state index contributed by atoms with van der Waals surface area (Å²) in [6.45, 7) is 5.55. The standard InChI is InChI=1S/C14H15FN2O2/c1-3-17(4-2)9-12-13(16-19-14(12)18)10-5-7-11(15)8-6-10/h5-9H,3-4H2,1-2H3/b12-9-. The molecule has 0 bridgehead atoms. The van der Waals surface area contributed by atoms with Gasteiger partial charge in [0.1, 0.15) is 17.1 Å². The maximum absolute atomic E-state index is 12.9. The lowest BCUT2D eigenvalue weighted by Crippen LogP contribution is -2.19. The van der Waals surface area contributed by atoms with Gasteiger partial charge >= 0.3 is 5.97 Å². The number of nitrogens with zero attached hydrogens (tertiary/aromatic N) is 2. The van der Waals surface area contributed by atoms with E-state index in [-0.39, 0.29) is 5.82 Å². The van der Waals surface area contributed by atoms with Crippen LogP contribution in [0.15, 0.2) is 41.2 Å². The summed E-state index contributed by atoms with van der Waals surface area (Å²) in [7, 11) is 0.